The van der Waals surface area contributed by atoms with Gasteiger partial charge in [-0.1, -0.05) is 24.3 Å². The Morgan fingerprint density at radius 1 is 1.24 bits per heavy atom. The SMILES string of the molecule is Cc1ccc(C(=O)NCCS(=O)(=O)N2CCc3ccccc32)cc1I. The second kappa shape index (κ2) is 7.33. The Labute approximate surface area is 161 Å². The number of sulfonamides is 1. The van der Waals surface area contributed by atoms with Gasteiger partial charge >= 0.3 is 0 Å². The van der Waals surface area contributed by atoms with Gasteiger partial charge in [0, 0.05) is 22.2 Å². The Morgan fingerprint density at radius 3 is 2.76 bits per heavy atom. The number of hydrogen-bond donors (Lipinski definition) is 1. The molecule has 0 aliphatic carbocycles. The van der Waals surface area contributed by atoms with E-state index in [0.29, 0.717) is 12.1 Å². The molecule has 132 valence electrons. The summed E-state index contributed by atoms with van der Waals surface area (Å²) >= 11 is 2.18. The van der Waals surface area contributed by atoms with Gasteiger partial charge in [0.05, 0.1) is 11.4 Å². The predicted molar refractivity (Wildman–Crippen MR) is 108 cm³/mol. The van der Waals surface area contributed by atoms with Crippen molar-refractivity contribution in [2.75, 3.05) is 23.1 Å². The number of benzene rings is 2. The fraction of sp³-hybridized carbons (Fsp3) is 0.278. The number of nitrogens with one attached hydrogen (secondary N) is 1. The molecule has 3 rings (SSSR count). The van der Waals surface area contributed by atoms with E-state index in [9.17, 15) is 13.2 Å². The van der Waals surface area contributed by atoms with Crippen LogP contribution in [-0.2, 0) is 16.4 Å². The largest absolute Gasteiger partial charge is 0.351 e. The average Bonchev–Trinajstić information content (AvgIpc) is 3.02. The molecule has 0 spiro atoms. The number of para-hydroxylation sites is 1. The van der Waals surface area contributed by atoms with Crippen LogP contribution in [0.25, 0.3) is 0 Å². The highest BCUT2D eigenvalue weighted by Crippen LogP contribution is 2.29. The first-order chi connectivity index (χ1) is 11.9. The van der Waals surface area contributed by atoms with E-state index in [-0.39, 0.29) is 18.2 Å². The van der Waals surface area contributed by atoms with Crippen molar-refractivity contribution in [2.45, 2.75) is 13.3 Å². The van der Waals surface area contributed by atoms with Crippen LogP contribution in [0, 0.1) is 10.5 Å². The molecule has 2 aromatic rings. The summed E-state index contributed by atoms with van der Waals surface area (Å²) in [6, 6.07) is 13.0. The first-order valence-corrected chi connectivity index (χ1v) is 10.7. The fourth-order valence-electron chi connectivity index (χ4n) is 2.84. The summed E-state index contributed by atoms with van der Waals surface area (Å²) in [5.74, 6) is -0.370. The van der Waals surface area contributed by atoms with Crippen LogP contribution in [0.15, 0.2) is 42.5 Å². The molecule has 5 nitrogen and oxygen atoms in total. The maximum Gasteiger partial charge on any atom is 0.251 e. The Balaban J connectivity index is 1.61. The summed E-state index contributed by atoms with van der Waals surface area (Å²) in [5, 5.41) is 2.70. The molecule has 0 aromatic heterocycles. The van der Waals surface area contributed by atoms with Crippen LogP contribution < -0.4 is 9.62 Å². The number of fused-ring (bicyclic) bond motifs is 1. The summed E-state index contributed by atoms with van der Waals surface area (Å²) in [6.07, 6.45) is 0.726. The number of carbonyl (C=O) groups is 1. The van der Waals surface area contributed by atoms with Gasteiger partial charge in [0.15, 0.2) is 0 Å². The van der Waals surface area contributed by atoms with Gasteiger partial charge in [-0.15, -0.1) is 0 Å². The van der Waals surface area contributed by atoms with Crippen molar-refractivity contribution in [3.05, 3.63) is 62.7 Å². The third-order valence-electron chi connectivity index (χ3n) is 4.26. The van der Waals surface area contributed by atoms with E-state index in [0.717, 1.165) is 26.8 Å². The lowest BCUT2D eigenvalue weighted by Gasteiger charge is -2.19. The number of hydrogen-bond acceptors (Lipinski definition) is 3. The number of amides is 1. The van der Waals surface area contributed by atoms with Crippen LogP contribution in [0.1, 0.15) is 21.5 Å². The quantitative estimate of drug-likeness (QED) is 0.684. The molecule has 1 heterocycles. The molecule has 1 aliphatic heterocycles. The van der Waals surface area contributed by atoms with Crippen LogP contribution in [0.3, 0.4) is 0 Å². The van der Waals surface area contributed by atoms with E-state index >= 15 is 0 Å². The van der Waals surface area contributed by atoms with Crippen molar-refractivity contribution in [1.29, 1.82) is 0 Å². The third-order valence-corrected chi connectivity index (χ3v) is 7.19. The summed E-state index contributed by atoms with van der Waals surface area (Å²) in [6.45, 7) is 2.53. The van der Waals surface area contributed by atoms with Gasteiger partial charge in [0.1, 0.15) is 0 Å². The number of carbonyl (C=O) groups excluding carboxylic acids is 1. The zero-order valence-electron chi connectivity index (χ0n) is 13.8. The molecule has 0 unspecified atom stereocenters. The normalized spacial score (nSPS) is 13.6. The molecule has 2 aromatic carbocycles. The van der Waals surface area contributed by atoms with E-state index in [1.165, 1.54) is 4.31 Å². The second-order valence-corrected chi connectivity index (χ2v) is 9.16. The van der Waals surface area contributed by atoms with Gasteiger partial charge in [0.2, 0.25) is 10.0 Å². The van der Waals surface area contributed by atoms with Crippen LogP contribution >= 0.6 is 22.6 Å². The number of rotatable bonds is 5. The van der Waals surface area contributed by atoms with Crippen LogP contribution in [0.5, 0.6) is 0 Å². The van der Waals surface area contributed by atoms with E-state index in [1.54, 1.807) is 12.1 Å². The summed E-state index contributed by atoms with van der Waals surface area (Å²) in [7, 11) is -3.45. The minimum Gasteiger partial charge on any atom is -0.351 e. The van der Waals surface area contributed by atoms with Crippen molar-refractivity contribution in [3.8, 4) is 0 Å². The highest BCUT2D eigenvalue weighted by atomic mass is 127. The van der Waals surface area contributed by atoms with E-state index in [4.69, 9.17) is 0 Å². The van der Waals surface area contributed by atoms with E-state index in [2.05, 4.69) is 27.9 Å². The molecule has 0 saturated heterocycles. The molecule has 1 N–H and O–H groups in total. The molecule has 0 bridgehead atoms. The van der Waals surface area contributed by atoms with Gasteiger partial charge in [0.25, 0.3) is 5.91 Å². The standard InChI is InChI=1S/C18H19IN2O3S/c1-13-6-7-15(12-16(13)19)18(22)20-9-11-25(23,24)21-10-8-14-4-2-3-5-17(14)21/h2-7,12H,8-11H2,1H3,(H,20,22). The number of halogens is 1. The smallest absolute Gasteiger partial charge is 0.251 e. The molecule has 25 heavy (non-hydrogen) atoms. The summed E-state index contributed by atoms with van der Waals surface area (Å²) in [4.78, 5) is 12.2. The molecule has 0 fully saturated rings. The van der Waals surface area contributed by atoms with Crippen molar-refractivity contribution in [3.63, 3.8) is 0 Å². The lowest BCUT2D eigenvalue weighted by molar-refractivity contribution is 0.0956. The Bertz CT molecular complexity index is 912. The summed E-state index contributed by atoms with van der Waals surface area (Å²) in [5.41, 5.74) is 3.44. The molecule has 0 atom stereocenters. The van der Waals surface area contributed by atoms with E-state index < -0.39 is 10.0 Å². The lowest BCUT2D eigenvalue weighted by Crippen LogP contribution is -2.37. The van der Waals surface area contributed by atoms with E-state index in [1.807, 2.05) is 37.3 Å². The Hall–Kier alpha value is -1.61. The Morgan fingerprint density at radius 2 is 2.00 bits per heavy atom. The van der Waals surface area contributed by atoms with Gasteiger partial charge in [-0.3, -0.25) is 9.10 Å². The first-order valence-electron chi connectivity index (χ1n) is 8.01. The maximum atomic E-state index is 12.6. The average molecular weight is 470 g/mol. The van der Waals surface area contributed by atoms with Crippen molar-refractivity contribution in [1.82, 2.24) is 5.32 Å². The van der Waals surface area contributed by atoms with Crippen molar-refractivity contribution in [2.24, 2.45) is 0 Å². The van der Waals surface area contributed by atoms with Gasteiger partial charge in [-0.25, -0.2) is 8.42 Å². The molecular weight excluding hydrogens is 451 g/mol. The minimum atomic E-state index is -3.45. The second-order valence-electron chi connectivity index (χ2n) is 5.99. The Kier molecular flexibility index (Phi) is 5.33. The fourth-order valence-corrected chi connectivity index (χ4v) is 4.78. The molecule has 7 heteroatoms. The zero-order valence-corrected chi connectivity index (χ0v) is 16.8. The number of nitrogens with zero attached hydrogens (tertiary/aromatic N) is 1. The first kappa shape index (κ1) is 18.2. The van der Waals surface area contributed by atoms with Crippen LogP contribution in [0.4, 0.5) is 5.69 Å². The third kappa shape index (κ3) is 3.98. The van der Waals surface area contributed by atoms with Crippen LogP contribution in [-0.4, -0.2) is 33.2 Å². The van der Waals surface area contributed by atoms with Gasteiger partial charge < -0.3 is 5.32 Å². The molecule has 0 saturated carbocycles. The highest BCUT2D eigenvalue weighted by molar-refractivity contribution is 14.1. The van der Waals surface area contributed by atoms with Gasteiger partial charge in [-0.2, -0.15) is 0 Å². The monoisotopic (exact) mass is 470 g/mol. The topological polar surface area (TPSA) is 66.5 Å². The highest BCUT2D eigenvalue weighted by Gasteiger charge is 2.28. The van der Waals surface area contributed by atoms with Gasteiger partial charge in [-0.05, 0) is 65.3 Å². The minimum absolute atomic E-state index is 0.0876. The molecular formula is C18H19IN2O3S. The van der Waals surface area contributed by atoms with Crippen LogP contribution in [0.2, 0.25) is 0 Å². The molecule has 1 amide bonds. The zero-order chi connectivity index (χ0) is 18.0. The van der Waals surface area contributed by atoms with Crippen molar-refractivity contribution < 1.29 is 13.2 Å². The molecule has 0 radical (unpaired) electrons. The maximum absolute atomic E-state index is 12.6. The summed E-state index contributed by atoms with van der Waals surface area (Å²) < 4.78 is 27.6. The lowest BCUT2D eigenvalue weighted by atomic mass is 10.1. The van der Waals surface area contributed by atoms with Crippen molar-refractivity contribution >= 4 is 44.2 Å². The predicted octanol–water partition coefficient (Wildman–Crippen LogP) is 2.72. The number of aryl methyl sites for hydroxylation is 1. The molecule has 1 aliphatic rings. The number of anilines is 1.